The summed E-state index contributed by atoms with van der Waals surface area (Å²) in [7, 11) is 1.58. The molecule has 1 saturated heterocycles. The van der Waals surface area contributed by atoms with E-state index in [1.165, 1.54) is 0 Å². The molecule has 0 aromatic heterocycles. The zero-order valence-electron chi connectivity index (χ0n) is 18.0. The fourth-order valence-electron chi connectivity index (χ4n) is 3.24. The van der Waals surface area contributed by atoms with Gasteiger partial charge in [-0.3, -0.25) is 9.59 Å². The minimum absolute atomic E-state index is 0.0321. The summed E-state index contributed by atoms with van der Waals surface area (Å²) in [5.74, 6) is -0.577. The molecule has 1 fully saturated rings. The maximum absolute atomic E-state index is 12.6. The lowest BCUT2D eigenvalue weighted by Gasteiger charge is -2.45. The van der Waals surface area contributed by atoms with Crippen molar-refractivity contribution in [2.24, 2.45) is 5.41 Å². The minimum atomic E-state index is -1.16. The van der Waals surface area contributed by atoms with E-state index in [1.54, 1.807) is 21.0 Å². The molecule has 1 amide bonds. The number of hydrogen-bond donors (Lipinski definition) is 2. The molecule has 7 nitrogen and oxygen atoms in total. The first-order chi connectivity index (χ1) is 13.5. The summed E-state index contributed by atoms with van der Waals surface area (Å²) in [5.41, 5.74) is 0.459. The first kappa shape index (κ1) is 23.3. The molecule has 29 heavy (non-hydrogen) atoms. The molecule has 1 unspecified atom stereocenters. The van der Waals surface area contributed by atoms with Crippen LogP contribution in [-0.2, 0) is 25.6 Å². The van der Waals surface area contributed by atoms with Crippen molar-refractivity contribution in [2.45, 2.75) is 71.5 Å². The number of Topliss-reactive ketones (excluding diaryl/α,β-unsaturated/α-hetero) is 1. The van der Waals surface area contributed by atoms with Crippen LogP contribution in [0.3, 0.4) is 0 Å². The van der Waals surface area contributed by atoms with Gasteiger partial charge in [-0.15, -0.1) is 0 Å². The standard InChI is InChI=1S/C22H33NO6/c1-21(2)14-28-22(3,4)29-19(21)17(24)10-7-11-18(25)20(26)23-13-15-8-6-9-16(12-15)27-5/h6,8-9,12,18-19,25H,7,10-11,13-14H2,1-5H3,(H,23,26)/t18?,19-/m0/s1. The Balaban J connectivity index is 1.77. The average Bonchev–Trinajstić information content (AvgIpc) is 2.68. The second-order valence-corrected chi connectivity index (χ2v) is 8.62. The third-order valence-corrected chi connectivity index (χ3v) is 5.00. The number of methoxy groups -OCH3 is 1. The average molecular weight is 408 g/mol. The number of carbonyl (C=O) groups excluding carboxylic acids is 2. The van der Waals surface area contributed by atoms with Crippen molar-refractivity contribution >= 4 is 11.7 Å². The van der Waals surface area contributed by atoms with Crippen molar-refractivity contribution in [3.63, 3.8) is 0 Å². The molecule has 0 radical (unpaired) electrons. The van der Waals surface area contributed by atoms with E-state index in [0.29, 0.717) is 25.3 Å². The first-order valence-electron chi connectivity index (χ1n) is 9.97. The number of hydrogen-bond acceptors (Lipinski definition) is 6. The van der Waals surface area contributed by atoms with Crippen LogP contribution in [0.4, 0.5) is 0 Å². The Morgan fingerprint density at radius 1 is 1.31 bits per heavy atom. The fourth-order valence-corrected chi connectivity index (χ4v) is 3.24. The highest BCUT2D eigenvalue weighted by Gasteiger charge is 2.45. The second-order valence-electron chi connectivity index (χ2n) is 8.62. The molecule has 162 valence electrons. The van der Waals surface area contributed by atoms with E-state index in [0.717, 1.165) is 5.56 Å². The van der Waals surface area contributed by atoms with Gasteiger partial charge in [0.15, 0.2) is 11.6 Å². The number of ketones is 1. The third kappa shape index (κ3) is 6.80. The van der Waals surface area contributed by atoms with Gasteiger partial charge in [0.05, 0.1) is 13.7 Å². The molecule has 2 rings (SSSR count). The van der Waals surface area contributed by atoms with Gasteiger partial charge >= 0.3 is 0 Å². The van der Waals surface area contributed by atoms with Gasteiger partial charge in [0.2, 0.25) is 5.91 Å². The predicted octanol–water partition coefficient (Wildman–Crippen LogP) is 2.59. The highest BCUT2D eigenvalue weighted by Crippen LogP contribution is 2.36. The zero-order chi connectivity index (χ0) is 21.7. The molecule has 1 aliphatic rings. The molecule has 0 saturated carbocycles. The summed E-state index contributed by atoms with van der Waals surface area (Å²) in [4.78, 5) is 24.8. The van der Waals surface area contributed by atoms with Crippen molar-refractivity contribution in [3.8, 4) is 5.75 Å². The molecule has 1 aliphatic heterocycles. The van der Waals surface area contributed by atoms with E-state index in [9.17, 15) is 14.7 Å². The van der Waals surface area contributed by atoms with Gasteiger partial charge in [0.25, 0.3) is 0 Å². The Hall–Kier alpha value is -1.96. The summed E-state index contributed by atoms with van der Waals surface area (Å²) >= 11 is 0. The van der Waals surface area contributed by atoms with Crippen molar-refractivity contribution in [3.05, 3.63) is 29.8 Å². The Morgan fingerprint density at radius 2 is 2.03 bits per heavy atom. The third-order valence-electron chi connectivity index (χ3n) is 5.00. The smallest absolute Gasteiger partial charge is 0.249 e. The highest BCUT2D eigenvalue weighted by atomic mass is 16.7. The normalized spacial score (nSPS) is 21.2. The first-order valence-corrected chi connectivity index (χ1v) is 9.97. The summed E-state index contributed by atoms with van der Waals surface area (Å²) < 4.78 is 16.6. The van der Waals surface area contributed by atoms with Crippen LogP contribution in [0.25, 0.3) is 0 Å². The lowest BCUT2D eigenvalue weighted by atomic mass is 9.82. The Bertz CT molecular complexity index is 715. The predicted molar refractivity (Wildman–Crippen MR) is 108 cm³/mol. The van der Waals surface area contributed by atoms with E-state index >= 15 is 0 Å². The molecule has 0 bridgehead atoms. The van der Waals surface area contributed by atoms with Crippen LogP contribution in [0.1, 0.15) is 52.5 Å². The number of aliphatic hydroxyl groups excluding tert-OH is 1. The van der Waals surface area contributed by atoms with E-state index in [2.05, 4.69) is 5.32 Å². The van der Waals surface area contributed by atoms with Gasteiger partial charge in [-0.2, -0.15) is 0 Å². The SMILES string of the molecule is COc1cccc(CNC(=O)C(O)CCCC(=O)[C@@H]2OC(C)(C)OCC2(C)C)c1. The monoisotopic (exact) mass is 407 g/mol. The topological polar surface area (TPSA) is 94.1 Å². The van der Waals surface area contributed by atoms with E-state index < -0.39 is 29.3 Å². The van der Waals surface area contributed by atoms with Crippen molar-refractivity contribution < 1.29 is 28.9 Å². The molecule has 1 aromatic rings. The molecule has 7 heteroatoms. The van der Waals surface area contributed by atoms with E-state index in [1.807, 2.05) is 38.1 Å². The molecule has 0 aliphatic carbocycles. The number of nitrogens with one attached hydrogen (secondary N) is 1. The van der Waals surface area contributed by atoms with E-state index in [-0.39, 0.29) is 18.6 Å². The van der Waals surface area contributed by atoms with Gasteiger partial charge in [-0.1, -0.05) is 26.0 Å². The minimum Gasteiger partial charge on any atom is -0.497 e. The largest absolute Gasteiger partial charge is 0.497 e. The lowest BCUT2D eigenvalue weighted by molar-refractivity contribution is -0.303. The summed E-state index contributed by atoms with van der Waals surface area (Å²) in [6.07, 6.45) is -0.865. The number of benzene rings is 1. The van der Waals surface area contributed by atoms with Crippen LogP contribution in [-0.4, -0.2) is 48.5 Å². The van der Waals surface area contributed by atoms with Gasteiger partial charge in [-0.25, -0.2) is 0 Å². The van der Waals surface area contributed by atoms with Gasteiger partial charge in [-0.05, 0) is 44.4 Å². The van der Waals surface area contributed by atoms with Crippen LogP contribution in [0, 0.1) is 5.41 Å². The maximum atomic E-state index is 12.6. The van der Waals surface area contributed by atoms with Crippen molar-refractivity contribution in [1.29, 1.82) is 0 Å². The Kier molecular flexibility index (Phi) is 7.80. The molecular weight excluding hydrogens is 374 g/mol. The molecule has 0 spiro atoms. The van der Waals surface area contributed by atoms with Gasteiger partial charge in [0.1, 0.15) is 18.0 Å². The summed E-state index contributed by atoms with van der Waals surface area (Å²) in [6.45, 7) is 8.19. The Morgan fingerprint density at radius 3 is 2.72 bits per heavy atom. The maximum Gasteiger partial charge on any atom is 0.249 e. The number of ether oxygens (including phenoxy) is 3. The zero-order valence-corrected chi connectivity index (χ0v) is 18.0. The van der Waals surface area contributed by atoms with Gasteiger partial charge < -0.3 is 24.6 Å². The molecule has 1 heterocycles. The summed E-state index contributed by atoms with van der Waals surface area (Å²) in [6, 6.07) is 7.35. The Labute approximate surface area is 172 Å². The molecule has 1 aromatic carbocycles. The van der Waals surface area contributed by atoms with E-state index in [4.69, 9.17) is 14.2 Å². The van der Waals surface area contributed by atoms with Crippen LogP contribution >= 0.6 is 0 Å². The second kappa shape index (κ2) is 9.69. The van der Waals surface area contributed by atoms with Crippen LogP contribution in [0.5, 0.6) is 5.75 Å². The molecular formula is C22H33NO6. The van der Waals surface area contributed by atoms with Crippen LogP contribution < -0.4 is 10.1 Å². The number of rotatable bonds is 9. The fraction of sp³-hybridized carbons (Fsp3) is 0.636. The van der Waals surface area contributed by atoms with Crippen LogP contribution in [0.2, 0.25) is 0 Å². The van der Waals surface area contributed by atoms with Crippen molar-refractivity contribution in [2.75, 3.05) is 13.7 Å². The number of aliphatic hydroxyl groups is 1. The molecule has 2 atom stereocenters. The highest BCUT2D eigenvalue weighted by molar-refractivity contribution is 5.84. The molecule has 2 N–H and O–H groups in total. The summed E-state index contributed by atoms with van der Waals surface area (Å²) in [5, 5.41) is 12.8. The van der Waals surface area contributed by atoms with Crippen molar-refractivity contribution in [1.82, 2.24) is 5.32 Å². The quantitative estimate of drug-likeness (QED) is 0.653. The lowest BCUT2D eigenvalue weighted by Crippen LogP contribution is -2.53. The van der Waals surface area contributed by atoms with Gasteiger partial charge in [0, 0.05) is 18.4 Å². The van der Waals surface area contributed by atoms with Crippen LogP contribution in [0.15, 0.2) is 24.3 Å². The number of carbonyl (C=O) groups is 2. The number of amides is 1.